The van der Waals surface area contributed by atoms with Gasteiger partial charge in [-0.2, -0.15) is 0 Å². The van der Waals surface area contributed by atoms with Crippen LogP contribution in [0.25, 0.3) is 0 Å². The fourth-order valence-electron chi connectivity index (χ4n) is 4.46. The van der Waals surface area contributed by atoms with Crippen LogP contribution in [0.4, 0.5) is 0 Å². The minimum absolute atomic E-state index is 0.260. The Labute approximate surface area is 176 Å². The molecule has 0 bridgehead atoms. The second-order valence-electron chi connectivity index (χ2n) is 9.12. The lowest BCUT2D eigenvalue weighted by Crippen LogP contribution is -2.57. The zero-order valence-electron chi connectivity index (χ0n) is 19.3. The normalized spacial score (nSPS) is 22.7. The van der Waals surface area contributed by atoms with Crippen molar-refractivity contribution in [3.05, 3.63) is 23.8 Å². The number of aliphatic hydroxyl groups is 1. The highest BCUT2D eigenvalue weighted by atomic mass is 16.3. The van der Waals surface area contributed by atoms with Gasteiger partial charge < -0.3 is 10.4 Å². The van der Waals surface area contributed by atoms with Crippen LogP contribution in [0.3, 0.4) is 0 Å². The molecule has 0 saturated heterocycles. The number of nitrogens with one attached hydrogen (secondary N) is 1. The van der Waals surface area contributed by atoms with Crippen molar-refractivity contribution in [3.63, 3.8) is 0 Å². The quantitative estimate of drug-likeness (QED) is 0.189. The van der Waals surface area contributed by atoms with Crippen LogP contribution in [0.15, 0.2) is 23.8 Å². The minimum atomic E-state index is 0.260. The summed E-state index contributed by atoms with van der Waals surface area (Å²) >= 11 is 0. The average Bonchev–Trinajstić information content (AvgIpc) is 2.70. The molecular weight excluding hydrogens is 342 g/mol. The molecule has 0 spiro atoms. The molecule has 2 heteroatoms. The molecule has 0 aromatic heterocycles. The molecule has 1 rings (SSSR count). The Hall–Kier alpha value is -0.600. The molecule has 2 N–H and O–H groups in total. The predicted molar refractivity (Wildman–Crippen MR) is 125 cm³/mol. The molecule has 0 heterocycles. The number of hydrogen-bond donors (Lipinski definition) is 2. The molecule has 0 aliphatic heterocycles. The smallest absolute Gasteiger partial charge is 0.0556 e. The summed E-state index contributed by atoms with van der Waals surface area (Å²) in [5.41, 5.74) is 1.90. The molecule has 164 valence electrons. The standard InChI is InChI=1S/C26H49NO/c1-4-5-6-7-8-9-11-14-17-24(2)18-15-12-10-13-16-20-26(27-22-23-28)21-19-25(26)3/h9,11,17,25,27-28H,4-8,10,12-16,18-23H2,1-3H3/b11-9+,24-17-. The van der Waals surface area contributed by atoms with Gasteiger partial charge in [-0.1, -0.05) is 82.6 Å². The first-order valence-corrected chi connectivity index (χ1v) is 12.3. The van der Waals surface area contributed by atoms with Crippen LogP contribution < -0.4 is 5.32 Å². The van der Waals surface area contributed by atoms with Crippen LogP contribution >= 0.6 is 0 Å². The largest absolute Gasteiger partial charge is 0.395 e. The summed E-state index contributed by atoms with van der Waals surface area (Å²) in [6.45, 7) is 7.95. The zero-order chi connectivity index (χ0) is 20.5. The van der Waals surface area contributed by atoms with Crippen molar-refractivity contribution in [1.82, 2.24) is 5.32 Å². The molecule has 0 aromatic rings. The Balaban J connectivity index is 1.99. The number of allylic oxidation sites excluding steroid dienone is 4. The number of unbranched alkanes of at least 4 members (excludes halogenated alkanes) is 8. The molecule has 28 heavy (non-hydrogen) atoms. The van der Waals surface area contributed by atoms with Gasteiger partial charge in [-0.15, -0.1) is 0 Å². The van der Waals surface area contributed by atoms with Crippen molar-refractivity contribution in [2.75, 3.05) is 13.2 Å². The molecule has 2 atom stereocenters. The molecule has 1 saturated carbocycles. The molecule has 1 aliphatic rings. The van der Waals surface area contributed by atoms with E-state index < -0.39 is 0 Å². The molecular formula is C26H49NO. The van der Waals surface area contributed by atoms with Gasteiger partial charge in [0.1, 0.15) is 0 Å². The summed E-state index contributed by atoms with van der Waals surface area (Å²) in [7, 11) is 0. The number of rotatable bonds is 18. The Morgan fingerprint density at radius 2 is 1.79 bits per heavy atom. The second kappa shape index (κ2) is 16.2. The number of hydrogen-bond acceptors (Lipinski definition) is 2. The highest BCUT2D eigenvalue weighted by Crippen LogP contribution is 2.42. The van der Waals surface area contributed by atoms with E-state index in [1.807, 2.05) is 0 Å². The van der Waals surface area contributed by atoms with E-state index in [0.717, 1.165) is 18.9 Å². The fraction of sp³-hybridized carbons (Fsp3) is 0.846. The Morgan fingerprint density at radius 1 is 1.04 bits per heavy atom. The van der Waals surface area contributed by atoms with E-state index in [1.165, 1.54) is 89.9 Å². The van der Waals surface area contributed by atoms with Gasteiger partial charge in [0.2, 0.25) is 0 Å². The summed E-state index contributed by atoms with van der Waals surface area (Å²) in [5.74, 6) is 0.775. The maximum atomic E-state index is 9.10. The van der Waals surface area contributed by atoms with Crippen molar-refractivity contribution < 1.29 is 5.11 Å². The first kappa shape index (κ1) is 25.4. The molecule has 2 unspecified atom stereocenters. The van der Waals surface area contributed by atoms with Crippen molar-refractivity contribution in [3.8, 4) is 0 Å². The second-order valence-corrected chi connectivity index (χ2v) is 9.12. The summed E-state index contributed by atoms with van der Waals surface area (Å²) < 4.78 is 0. The van der Waals surface area contributed by atoms with Crippen LogP contribution in [-0.2, 0) is 0 Å². The molecule has 0 aromatic carbocycles. The van der Waals surface area contributed by atoms with Crippen LogP contribution in [0.1, 0.15) is 117 Å². The molecule has 1 fully saturated rings. The van der Waals surface area contributed by atoms with Crippen LogP contribution in [-0.4, -0.2) is 23.8 Å². The van der Waals surface area contributed by atoms with Crippen LogP contribution in [0, 0.1) is 5.92 Å². The molecule has 0 radical (unpaired) electrons. The monoisotopic (exact) mass is 391 g/mol. The van der Waals surface area contributed by atoms with Gasteiger partial charge in [0.25, 0.3) is 0 Å². The molecule has 1 aliphatic carbocycles. The predicted octanol–water partition coefficient (Wildman–Crippen LogP) is 7.33. The molecule has 0 amide bonds. The van der Waals surface area contributed by atoms with Gasteiger partial charge in [0, 0.05) is 12.1 Å². The highest BCUT2D eigenvalue weighted by Gasteiger charge is 2.42. The van der Waals surface area contributed by atoms with Gasteiger partial charge in [-0.3, -0.25) is 0 Å². The van der Waals surface area contributed by atoms with Crippen LogP contribution in [0.2, 0.25) is 0 Å². The van der Waals surface area contributed by atoms with Crippen molar-refractivity contribution >= 4 is 0 Å². The molecule has 2 nitrogen and oxygen atoms in total. The summed E-state index contributed by atoms with van der Waals surface area (Å²) in [4.78, 5) is 0. The minimum Gasteiger partial charge on any atom is -0.395 e. The lowest BCUT2D eigenvalue weighted by atomic mass is 9.65. The van der Waals surface area contributed by atoms with E-state index >= 15 is 0 Å². The summed E-state index contributed by atoms with van der Waals surface area (Å²) in [5, 5.41) is 12.7. The first-order valence-electron chi connectivity index (χ1n) is 12.3. The van der Waals surface area contributed by atoms with Crippen LogP contribution in [0.5, 0.6) is 0 Å². The third-order valence-electron chi connectivity index (χ3n) is 6.74. The fourth-order valence-corrected chi connectivity index (χ4v) is 4.46. The van der Waals surface area contributed by atoms with E-state index in [2.05, 4.69) is 44.3 Å². The van der Waals surface area contributed by atoms with Crippen molar-refractivity contribution in [2.45, 2.75) is 123 Å². The van der Waals surface area contributed by atoms with Gasteiger partial charge in [0.15, 0.2) is 0 Å². The zero-order valence-corrected chi connectivity index (χ0v) is 19.3. The van der Waals surface area contributed by atoms with Crippen molar-refractivity contribution in [1.29, 1.82) is 0 Å². The van der Waals surface area contributed by atoms with E-state index in [1.54, 1.807) is 5.57 Å². The summed E-state index contributed by atoms with van der Waals surface area (Å²) in [6, 6.07) is 0. The first-order chi connectivity index (χ1) is 13.6. The Bertz CT molecular complexity index is 428. The maximum absolute atomic E-state index is 9.10. The SMILES string of the molecule is CCCCCC/C=C/C/C=C(/C)CCCCCCCC1(NCCO)CCC1C. The topological polar surface area (TPSA) is 32.3 Å². The van der Waals surface area contributed by atoms with E-state index in [0.29, 0.717) is 5.54 Å². The third kappa shape index (κ3) is 10.8. The highest BCUT2D eigenvalue weighted by molar-refractivity contribution is 5.02. The van der Waals surface area contributed by atoms with Gasteiger partial charge >= 0.3 is 0 Å². The van der Waals surface area contributed by atoms with Crippen molar-refractivity contribution in [2.24, 2.45) is 5.92 Å². The van der Waals surface area contributed by atoms with Gasteiger partial charge in [0.05, 0.1) is 6.61 Å². The van der Waals surface area contributed by atoms with E-state index in [9.17, 15) is 0 Å². The van der Waals surface area contributed by atoms with Gasteiger partial charge in [-0.05, 0) is 64.2 Å². The lowest BCUT2D eigenvalue weighted by Gasteiger charge is -2.49. The average molecular weight is 392 g/mol. The Morgan fingerprint density at radius 3 is 2.46 bits per heavy atom. The maximum Gasteiger partial charge on any atom is 0.0556 e. The van der Waals surface area contributed by atoms with Gasteiger partial charge in [-0.25, -0.2) is 0 Å². The van der Waals surface area contributed by atoms with E-state index in [4.69, 9.17) is 5.11 Å². The third-order valence-corrected chi connectivity index (χ3v) is 6.74. The lowest BCUT2D eigenvalue weighted by molar-refractivity contribution is 0.0768. The van der Waals surface area contributed by atoms with E-state index in [-0.39, 0.29) is 6.61 Å². The number of β-amino-alcohol motifs (C(OH)–C–C–N with tert-alkyl or cyclic N) is 1. The number of aliphatic hydroxyl groups excluding tert-OH is 1. The Kier molecular flexibility index (Phi) is 14.7. The summed E-state index contributed by atoms with van der Waals surface area (Å²) in [6.07, 6.45) is 26.9.